The molecule has 0 fully saturated rings. The molecule has 2 amide bonds. The minimum atomic E-state index is -0.916. The molecule has 0 spiro atoms. The number of alkyl halides is 1. The molecular formula is C11H10ClNO4. The molecule has 6 heteroatoms. The van der Waals surface area contributed by atoms with Gasteiger partial charge in [-0.3, -0.25) is 14.4 Å². The molecular weight excluding hydrogens is 246 g/mol. The number of hydrogen-bond donors (Lipinski definition) is 1. The predicted octanol–water partition coefficient (Wildman–Crippen LogP) is 0.814. The Kier molecular flexibility index (Phi) is 3.42. The number of hydrogen-bond acceptors (Lipinski definition) is 4. The van der Waals surface area contributed by atoms with E-state index in [0.29, 0.717) is 16.2 Å². The van der Waals surface area contributed by atoms with Crippen molar-refractivity contribution in [3.05, 3.63) is 35.4 Å². The highest BCUT2D eigenvalue weighted by Crippen LogP contribution is 2.22. The first-order chi connectivity index (χ1) is 8.15. The highest BCUT2D eigenvalue weighted by atomic mass is 35.5. The fourth-order valence-corrected chi connectivity index (χ4v) is 1.58. The second kappa shape index (κ2) is 4.83. The quantitative estimate of drug-likeness (QED) is 0.639. The van der Waals surface area contributed by atoms with Crippen molar-refractivity contribution in [2.45, 2.75) is 6.10 Å². The van der Waals surface area contributed by atoms with Crippen molar-refractivity contribution in [3.63, 3.8) is 0 Å². The molecule has 0 radical (unpaired) electrons. The number of fused-ring (bicyclic) bond motifs is 1. The SMILES string of the molecule is O=C1c2ccccc2C(=O)N1OC[C@@H](O)CCl. The summed E-state index contributed by atoms with van der Waals surface area (Å²) in [6, 6.07) is 6.44. The fraction of sp³-hybridized carbons (Fsp3) is 0.273. The van der Waals surface area contributed by atoms with E-state index in [1.165, 1.54) is 0 Å². The van der Waals surface area contributed by atoms with Crippen molar-refractivity contribution in [1.29, 1.82) is 0 Å². The number of hydroxylamine groups is 2. The first-order valence-corrected chi connectivity index (χ1v) is 5.53. The number of carbonyl (C=O) groups is 2. The van der Waals surface area contributed by atoms with Crippen LogP contribution in [0.2, 0.25) is 0 Å². The van der Waals surface area contributed by atoms with E-state index < -0.39 is 17.9 Å². The Labute approximate surface area is 102 Å². The number of aliphatic hydroxyl groups is 1. The topological polar surface area (TPSA) is 66.8 Å². The average molecular weight is 256 g/mol. The molecule has 1 aromatic carbocycles. The summed E-state index contributed by atoms with van der Waals surface area (Å²) in [5, 5.41) is 9.85. The summed E-state index contributed by atoms with van der Waals surface area (Å²) < 4.78 is 0. The van der Waals surface area contributed by atoms with Gasteiger partial charge in [-0.2, -0.15) is 0 Å². The van der Waals surface area contributed by atoms with Crippen LogP contribution in [0.5, 0.6) is 0 Å². The maximum atomic E-state index is 11.8. The highest BCUT2D eigenvalue weighted by Gasteiger charge is 2.36. The number of nitrogens with zero attached hydrogens (tertiary/aromatic N) is 1. The van der Waals surface area contributed by atoms with Crippen LogP contribution in [0.4, 0.5) is 0 Å². The van der Waals surface area contributed by atoms with Gasteiger partial charge in [0.05, 0.1) is 23.1 Å². The Morgan fingerprint density at radius 1 is 1.24 bits per heavy atom. The molecule has 90 valence electrons. The second-order valence-electron chi connectivity index (χ2n) is 3.55. The van der Waals surface area contributed by atoms with Gasteiger partial charge >= 0.3 is 0 Å². The predicted molar refractivity (Wildman–Crippen MR) is 59.6 cm³/mol. The smallest absolute Gasteiger partial charge is 0.285 e. The van der Waals surface area contributed by atoms with E-state index in [2.05, 4.69) is 0 Å². The van der Waals surface area contributed by atoms with Crippen molar-refractivity contribution in [2.75, 3.05) is 12.5 Å². The monoisotopic (exact) mass is 255 g/mol. The molecule has 17 heavy (non-hydrogen) atoms. The number of imide groups is 1. The van der Waals surface area contributed by atoms with E-state index in [9.17, 15) is 14.7 Å². The third kappa shape index (κ3) is 2.17. The Bertz CT molecular complexity index is 428. The van der Waals surface area contributed by atoms with Crippen LogP contribution in [0, 0.1) is 0 Å². The summed E-state index contributed by atoms with van der Waals surface area (Å²) in [7, 11) is 0. The number of carbonyl (C=O) groups excluding carboxylic acids is 2. The van der Waals surface area contributed by atoms with Gasteiger partial charge in [0.2, 0.25) is 0 Å². The average Bonchev–Trinajstić information content (AvgIpc) is 2.60. The Balaban J connectivity index is 2.13. The molecule has 0 bridgehead atoms. The third-order valence-electron chi connectivity index (χ3n) is 2.33. The molecule has 2 rings (SSSR count). The number of benzene rings is 1. The zero-order chi connectivity index (χ0) is 12.4. The van der Waals surface area contributed by atoms with E-state index in [0.717, 1.165) is 0 Å². The van der Waals surface area contributed by atoms with Gasteiger partial charge in [-0.15, -0.1) is 16.7 Å². The van der Waals surface area contributed by atoms with Crippen molar-refractivity contribution in [1.82, 2.24) is 5.06 Å². The Morgan fingerprint density at radius 3 is 2.24 bits per heavy atom. The summed E-state index contributed by atoms with van der Waals surface area (Å²) in [5.41, 5.74) is 0.607. The molecule has 0 aromatic heterocycles. The lowest BCUT2D eigenvalue weighted by atomic mass is 10.1. The maximum Gasteiger partial charge on any atom is 0.285 e. The summed E-state index contributed by atoms with van der Waals surface area (Å²) in [4.78, 5) is 28.5. The van der Waals surface area contributed by atoms with E-state index >= 15 is 0 Å². The Morgan fingerprint density at radius 2 is 1.76 bits per heavy atom. The van der Waals surface area contributed by atoms with Crippen molar-refractivity contribution in [2.24, 2.45) is 0 Å². The lowest BCUT2D eigenvalue weighted by molar-refractivity contribution is -0.112. The second-order valence-corrected chi connectivity index (χ2v) is 3.86. The van der Waals surface area contributed by atoms with Crippen molar-refractivity contribution in [3.8, 4) is 0 Å². The molecule has 1 N–H and O–H groups in total. The molecule has 0 unspecified atom stereocenters. The van der Waals surface area contributed by atoms with Crippen LogP contribution in [0.25, 0.3) is 0 Å². The molecule has 0 saturated carbocycles. The number of halogens is 1. The fourth-order valence-electron chi connectivity index (χ4n) is 1.49. The van der Waals surface area contributed by atoms with E-state index in [-0.39, 0.29) is 12.5 Å². The summed E-state index contributed by atoms with van der Waals surface area (Å²) >= 11 is 5.38. The van der Waals surface area contributed by atoms with Crippen LogP contribution in [0.1, 0.15) is 20.7 Å². The van der Waals surface area contributed by atoms with Crippen LogP contribution in [-0.2, 0) is 4.84 Å². The van der Waals surface area contributed by atoms with Crippen molar-refractivity contribution >= 4 is 23.4 Å². The van der Waals surface area contributed by atoms with Gasteiger partial charge in [0, 0.05) is 0 Å². The molecule has 0 saturated heterocycles. The Hall–Kier alpha value is -1.43. The maximum absolute atomic E-state index is 11.8. The molecule has 1 atom stereocenters. The third-order valence-corrected chi connectivity index (χ3v) is 2.69. The first kappa shape index (κ1) is 12.0. The largest absolute Gasteiger partial charge is 0.389 e. The molecule has 1 heterocycles. The van der Waals surface area contributed by atoms with Gasteiger partial charge in [0.25, 0.3) is 11.8 Å². The zero-order valence-corrected chi connectivity index (χ0v) is 9.55. The minimum absolute atomic E-state index is 0.0246. The van der Waals surface area contributed by atoms with E-state index in [4.69, 9.17) is 16.4 Å². The summed E-state index contributed by atoms with van der Waals surface area (Å²) in [5.74, 6) is -1.07. The minimum Gasteiger partial charge on any atom is -0.389 e. The van der Waals surface area contributed by atoms with Gasteiger partial charge in [-0.1, -0.05) is 12.1 Å². The van der Waals surface area contributed by atoms with Crippen molar-refractivity contribution < 1.29 is 19.5 Å². The van der Waals surface area contributed by atoms with Crippen LogP contribution < -0.4 is 0 Å². The summed E-state index contributed by atoms with van der Waals surface area (Å²) in [6.45, 7) is -0.199. The van der Waals surface area contributed by atoms with Gasteiger partial charge in [0.15, 0.2) is 0 Å². The van der Waals surface area contributed by atoms with Gasteiger partial charge < -0.3 is 5.11 Å². The van der Waals surface area contributed by atoms with Gasteiger partial charge in [-0.05, 0) is 12.1 Å². The molecule has 5 nitrogen and oxygen atoms in total. The molecule has 0 aliphatic carbocycles. The zero-order valence-electron chi connectivity index (χ0n) is 8.80. The van der Waals surface area contributed by atoms with Crippen LogP contribution in [0.3, 0.4) is 0 Å². The lowest BCUT2D eigenvalue weighted by Gasteiger charge is -2.14. The molecule has 1 aliphatic heterocycles. The first-order valence-electron chi connectivity index (χ1n) is 5.00. The van der Waals surface area contributed by atoms with Gasteiger partial charge in [-0.25, -0.2) is 0 Å². The number of amides is 2. The van der Waals surface area contributed by atoms with E-state index in [1.807, 2.05) is 0 Å². The molecule has 1 aromatic rings. The van der Waals surface area contributed by atoms with Gasteiger partial charge in [0.1, 0.15) is 6.61 Å². The number of rotatable bonds is 4. The highest BCUT2D eigenvalue weighted by molar-refractivity contribution is 6.20. The summed E-state index contributed by atoms with van der Waals surface area (Å²) in [6.07, 6.45) is -0.916. The van der Waals surface area contributed by atoms with Crippen LogP contribution in [-0.4, -0.2) is 40.6 Å². The molecule has 1 aliphatic rings. The number of aliphatic hydroxyl groups excluding tert-OH is 1. The van der Waals surface area contributed by atoms with Crippen LogP contribution in [0.15, 0.2) is 24.3 Å². The standard InChI is InChI=1S/C11H10ClNO4/c12-5-7(14)6-17-13-10(15)8-3-1-2-4-9(8)11(13)16/h1-4,7,14H,5-6H2/t7-/m0/s1. The van der Waals surface area contributed by atoms with E-state index in [1.54, 1.807) is 24.3 Å². The lowest BCUT2D eigenvalue weighted by Crippen LogP contribution is -2.33. The normalized spacial score (nSPS) is 16.2. The van der Waals surface area contributed by atoms with Crippen LogP contribution >= 0.6 is 11.6 Å².